The van der Waals surface area contributed by atoms with E-state index >= 15 is 0 Å². The molecule has 3 aromatic rings. The minimum absolute atomic E-state index is 0.211. The van der Waals surface area contributed by atoms with Crippen molar-refractivity contribution in [2.45, 2.75) is 6.92 Å². The van der Waals surface area contributed by atoms with Gasteiger partial charge in [0.25, 0.3) is 5.91 Å². The number of anilines is 1. The van der Waals surface area contributed by atoms with Gasteiger partial charge in [-0.05, 0) is 55.5 Å². The van der Waals surface area contributed by atoms with Crippen LogP contribution in [-0.2, 0) is 0 Å². The Bertz CT molecular complexity index is 892. The first-order valence-electron chi connectivity index (χ1n) is 6.85. The first-order valence-corrected chi connectivity index (χ1v) is 6.85. The van der Waals surface area contributed by atoms with Crippen molar-refractivity contribution in [3.63, 3.8) is 0 Å². The van der Waals surface area contributed by atoms with Gasteiger partial charge in [0.15, 0.2) is 0 Å². The summed E-state index contributed by atoms with van der Waals surface area (Å²) >= 11 is 0. The molecular weight excluding hydrogens is 274 g/mol. The predicted molar refractivity (Wildman–Crippen MR) is 85.6 cm³/mol. The van der Waals surface area contributed by atoms with Crippen molar-refractivity contribution in [3.8, 4) is 6.07 Å². The van der Waals surface area contributed by atoms with Crippen LogP contribution in [0.15, 0.2) is 54.6 Å². The number of amides is 1. The number of pyridine rings is 1. The van der Waals surface area contributed by atoms with Gasteiger partial charge in [0.05, 0.1) is 22.8 Å². The summed E-state index contributed by atoms with van der Waals surface area (Å²) in [5.41, 5.74) is 3.54. The van der Waals surface area contributed by atoms with Crippen LogP contribution in [0.5, 0.6) is 0 Å². The molecule has 0 atom stereocenters. The lowest BCUT2D eigenvalue weighted by molar-refractivity contribution is 0.102. The molecule has 1 heterocycles. The molecule has 0 saturated carbocycles. The number of hydrogen-bond donors (Lipinski definition) is 1. The van der Waals surface area contributed by atoms with Gasteiger partial charge in [-0.1, -0.05) is 6.07 Å². The molecule has 0 spiro atoms. The largest absolute Gasteiger partial charge is 0.321 e. The number of benzene rings is 2. The molecule has 22 heavy (non-hydrogen) atoms. The molecule has 0 aliphatic rings. The third kappa shape index (κ3) is 2.65. The van der Waals surface area contributed by atoms with E-state index in [9.17, 15) is 4.79 Å². The molecule has 0 unspecified atom stereocenters. The molecule has 3 rings (SSSR count). The highest BCUT2D eigenvalue weighted by Crippen LogP contribution is 2.22. The Hall–Kier alpha value is -3.19. The summed E-state index contributed by atoms with van der Waals surface area (Å²) in [6.45, 7) is 1.93. The smallest absolute Gasteiger partial charge is 0.255 e. The fraction of sp³-hybridized carbons (Fsp3) is 0.0556. The monoisotopic (exact) mass is 287 g/mol. The van der Waals surface area contributed by atoms with Gasteiger partial charge in [-0.2, -0.15) is 5.26 Å². The van der Waals surface area contributed by atoms with Crippen LogP contribution in [0.4, 0.5) is 5.69 Å². The van der Waals surface area contributed by atoms with Gasteiger partial charge in [-0.15, -0.1) is 0 Å². The summed E-state index contributed by atoms with van der Waals surface area (Å²) in [4.78, 5) is 16.8. The molecule has 0 fully saturated rings. The van der Waals surface area contributed by atoms with Crippen molar-refractivity contribution in [1.29, 1.82) is 5.26 Å². The van der Waals surface area contributed by atoms with Gasteiger partial charge in [-0.3, -0.25) is 9.78 Å². The number of aromatic nitrogens is 1. The number of nitrogens with zero attached hydrogens (tertiary/aromatic N) is 2. The normalized spacial score (nSPS) is 10.2. The second kappa shape index (κ2) is 5.66. The van der Waals surface area contributed by atoms with E-state index in [0.29, 0.717) is 11.1 Å². The molecule has 4 heteroatoms. The molecule has 1 amide bonds. The summed E-state index contributed by atoms with van der Waals surface area (Å²) in [6.07, 6.45) is 0. The van der Waals surface area contributed by atoms with Gasteiger partial charge in [0.2, 0.25) is 0 Å². The lowest BCUT2D eigenvalue weighted by atomic mass is 10.1. The standard InChI is InChI=1S/C18H13N3O/c1-12-5-10-15-16(20-12)3-2-4-17(15)21-18(22)14-8-6-13(11-19)7-9-14/h2-10H,1H3,(H,21,22). The molecule has 0 saturated heterocycles. The SMILES string of the molecule is Cc1ccc2c(NC(=O)c3ccc(C#N)cc3)cccc2n1. The van der Waals surface area contributed by atoms with Crippen molar-refractivity contribution < 1.29 is 4.79 Å². The second-order valence-electron chi connectivity index (χ2n) is 4.97. The first kappa shape index (κ1) is 13.8. The Morgan fingerprint density at radius 3 is 2.59 bits per heavy atom. The maximum absolute atomic E-state index is 12.3. The van der Waals surface area contributed by atoms with E-state index in [1.807, 2.05) is 43.3 Å². The zero-order valence-electron chi connectivity index (χ0n) is 12.0. The number of rotatable bonds is 2. The van der Waals surface area contributed by atoms with Crippen LogP contribution in [0, 0.1) is 18.3 Å². The Morgan fingerprint density at radius 2 is 1.86 bits per heavy atom. The topological polar surface area (TPSA) is 65.8 Å². The summed E-state index contributed by atoms with van der Waals surface area (Å²) < 4.78 is 0. The fourth-order valence-electron chi connectivity index (χ4n) is 2.26. The lowest BCUT2D eigenvalue weighted by Crippen LogP contribution is -2.12. The molecule has 0 radical (unpaired) electrons. The minimum atomic E-state index is -0.211. The number of carbonyl (C=O) groups excluding carboxylic acids is 1. The van der Waals surface area contributed by atoms with Crippen LogP contribution in [0.3, 0.4) is 0 Å². The number of nitriles is 1. The number of carbonyl (C=O) groups is 1. The predicted octanol–water partition coefficient (Wildman–Crippen LogP) is 3.67. The quantitative estimate of drug-likeness (QED) is 0.782. The summed E-state index contributed by atoms with van der Waals surface area (Å²) in [7, 11) is 0. The van der Waals surface area contributed by atoms with Crippen LogP contribution in [-0.4, -0.2) is 10.9 Å². The average molecular weight is 287 g/mol. The van der Waals surface area contributed by atoms with Gasteiger partial charge >= 0.3 is 0 Å². The van der Waals surface area contributed by atoms with E-state index in [1.54, 1.807) is 24.3 Å². The van der Waals surface area contributed by atoms with Crippen LogP contribution in [0.25, 0.3) is 10.9 Å². The number of aryl methyl sites for hydroxylation is 1. The van der Waals surface area contributed by atoms with Crippen molar-refractivity contribution in [2.75, 3.05) is 5.32 Å². The molecule has 2 aromatic carbocycles. The lowest BCUT2D eigenvalue weighted by Gasteiger charge is -2.09. The van der Waals surface area contributed by atoms with Crippen LogP contribution < -0.4 is 5.32 Å². The third-order valence-electron chi connectivity index (χ3n) is 3.40. The maximum Gasteiger partial charge on any atom is 0.255 e. The van der Waals surface area contributed by atoms with Gasteiger partial charge in [-0.25, -0.2) is 0 Å². The van der Waals surface area contributed by atoms with Crippen LogP contribution in [0.1, 0.15) is 21.6 Å². The number of nitrogens with one attached hydrogen (secondary N) is 1. The highest BCUT2D eigenvalue weighted by atomic mass is 16.1. The zero-order chi connectivity index (χ0) is 15.5. The second-order valence-corrected chi connectivity index (χ2v) is 4.97. The molecular formula is C18H13N3O. The van der Waals surface area contributed by atoms with E-state index in [0.717, 1.165) is 22.3 Å². The highest BCUT2D eigenvalue weighted by molar-refractivity contribution is 6.08. The molecule has 0 aliphatic heterocycles. The highest BCUT2D eigenvalue weighted by Gasteiger charge is 2.09. The van der Waals surface area contributed by atoms with Crippen LogP contribution >= 0.6 is 0 Å². The molecule has 1 N–H and O–H groups in total. The Balaban J connectivity index is 1.92. The van der Waals surface area contributed by atoms with E-state index in [1.165, 1.54) is 0 Å². The zero-order valence-corrected chi connectivity index (χ0v) is 12.0. The Kier molecular flexibility index (Phi) is 3.55. The van der Waals surface area contributed by atoms with Gasteiger partial charge in [0.1, 0.15) is 0 Å². The summed E-state index contributed by atoms with van der Waals surface area (Å²) in [5.74, 6) is -0.211. The summed E-state index contributed by atoms with van der Waals surface area (Å²) in [6, 6.07) is 18.1. The fourth-order valence-corrected chi connectivity index (χ4v) is 2.26. The average Bonchev–Trinajstić information content (AvgIpc) is 2.55. The molecule has 4 nitrogen and oxygen atoms in total. The van der Waals surface area contributed by atoms with Gasteiger partial charge < -0.3 is 5.32 Å². The van der Waals surface area contributed by atoms with Crippen molar-refractivity contribution >= 4 is 22.5 Å². The molecule has 0 aliphatic carbocycles. The van der Waals surface area contributed by atoms with E-state index < -0.39 is 0 Å². The number of fused-ring (bicyclic) bond motifs is 1. The van der Waals surface area contributed by atoms with Crippen molar-refractivity contribution in [2.24, 2.45) is 0 Å². The molecule has 106 valence electrons. The molecule has 0 bridgehead atoms. The van der Waals surface area contributed by atoms with Crippen molar-refractivity contribution in [1.82, 2.24) is 4.98 Å². The molecule has 1 aromatic heterocycles. The van der Waals surface area contributed by atoms with Crippen molar-refractivity contribution in [3.05, 3.63) is 71.4 Å². The third-order valence-corrected chi connectivity index (χ3v) is 3.40. The Morgan fingerprint density at radius 1 is 1.09 bits per heavy atom. The van der Waals surface area contributed by atoms with E-state index in [4.69, 9.17) is 5.26 Å². The number of hydrogen-bond acceptors (Lipinski definition) is 3. The summed E-state index contributed by atoms with van der Waals surface area (Å²) in [5, 5.41) is 12.6. The van der Waals surface area contributed by atoms with Crippen LogP contribution in [0.2, 0.25) is 0 Å². The first-order chi connectivity index (χ1) is 10.7. The van der Waals surface area contributed by atoms with Gasteiger partial charge in [0, 0.05) is 16.6 Å². The minimum Gasteiger partial charge on any atom is -0.321 e. The van der Waals surface area contributed by atoms with E-state index in [-0.39, 0.29) is 5.91 Å². The maximum atomic E-state index is 12.3. The van der Waals surface area contributed by atoms with E-state index in [2.05, 4.69) is 10.3 Å². The Labute approximate surface area is 128 Å².